The maximum Gasteiger partial charge on any atom is 0.141 e. The minimum absolute atomic E-state index is 0. The van der Waals surface area contributed by atoms with Crippen molar-refractivity contribution in [3.05, 3.63) is 64.7 Å². The zero-order valence-corrected chi connectivity index (χ0v) is 15.8. The van der Waals surface area contributed by atoms with Crippen LogP contribution in [-0.2, 0) is 12.8 Å². The van der Waals surface area contributed by atoms with Crippen molar-refractivity contribution in [1.29, 1.82) is 0 Å². The van der Waals surface area contributed by atoms with E-state index in [9.17, 15) is 5.11 Å². The summed E-state index contributed by atoms with van der Waals surface area (Å²) in [5.41, 5.74) is 5.77. The second kappa shape index (κ2) is 6.44. The number of aromatic hydroxyl groups is 1. The predicted octanol–water partition coefficient (Wildman–Crippen LogP) is 0.825. The van der Waals surface area contributed by atoms with Crippen LogP contribution in [0.5, 0.6) is 5.75 Å². The summed E-state index contributed by atoms with van der Waals surface area (Å²) in [5, 5.41) is 9.89. The van der Waals surface area contributed by atoms with Gasteiger partial charge in [0.05, 0.1) is 20.1 Å². The summed E-state index contributed by atoms with van der Waals surface area (Å²) in [4.78, 5) is 0. The molecule has 2 aliphatic heterocycles. The second-order valence-electron chi connectivity index (χ2n) is 7.12. The van der Waals surface area contributed by atoms with Gasteiger partial charge in [-0.2, -0.15) is 0 Å². The van der Waals surface area contributed by atoms with Crippen LogP contribution in [0.3, 0.4) is 0 Å². The number of hydrogen-bond donors (Lipinski definition) is 1. The van der Waals surface area contributed by atoms with Crippen molar-refractivity contribution in [3.63, 3.8) is 0 Å². The Bertz CT molecular complexity index is 715. The largest absolute Gasteiger partial charge is 1.00 e. The van der Waals surface area contributed by atoms with Crippen molar-refractivity contribution in [1.82, 2.24) is 0 Å². The van der Waals surface area contributed by atoms with Crippen molar-refractivity contribution in [2.24, 2.45) is 0 Å². The van der Waals surface area contributed by atoms with Gasteiger partial charge in [0.25, 0.3) is 0 Å². The van der Waals surface area contributed by atoms with E-state index < -0.39 is 0 Å². The zero-order chi connectivity index (χ0) is 15.2. The number of fused-ring (bicyclic) bond motifs is 5. The van der Waals surface area contributed by atoms with Crippen LogP contribution in [0.25, 0.3) is 0 Å². The summed E-state index contributed by atoms with van der Waals surface area (Å²) < 4.78 is 1.11. The Labute approximate surface area is 155 Å². The molecule has 0 bridgehead atoms. The number of phenolic OH excluding ortho intramolecular Hbond substituents is 1. The van der Waals surface area contributed by atoms with Gasteiger partial charge in [0.2, 0.25) is 0 Å². The molecular formula is C20H24INO. The van der Waals surface area contributed by atoms with E-state index >= 15 is 0 Å². The molecule has 3 heteroatoms. The van der Waals surface area contributed by atoms with Crippen LogP contribution in [-0.4, -0.2) is 29.7 Å². The van der Waals surface area contributed by atoms with Gasteiger partial charge in [-0.1, -0.05) is 24.3 Å². The Morgan fingerprint density at radius 2 is 1.57 bits per heavy atom. The lowest BCUT2D eigenvalue weighted by atomic mass is 9.89. The minimum atomic E-state index is 0. The van der Waals surface area contributed by atoms with Crippen molar-refractivity contribution >= 4 is 0 Å². The zero-order valence-electron chi connectivity index (χ0n) is 13.6. The molecule has 0 saturated carbocycles. The average Bonchev–Trinajstić information content (AvgIpc) is 2.73. The molecule has 23 heavy (non-hydrogen) atoms. The lowest BCUT2D eigenvalue weighted by Crippen LogP contribution is -3.00. The van der Waals surface area contributed by atoms with E-state index in [1.54, 1.807) is 0 Å². The molecule has 1 N–H and O–H groups in total. The summed E-state index contributed by atoms with van der Waals surface area (Å²) >= 11 is 0. The van der Waals surface area contributed by atoms with Gasteiger partial charge in [-0.05, 0) is 42.2 Å². The molecule has 2 nitrogen and oxygen atoms in total. The number of quaternary nitrogens is 1. The van der Waals surface area contributed by atoms with Gasteiger partial charge in [-0.15, -0.1) is 0 Å². The highest BCUT2D eigenvalue weighted by Gasteiger charge is 2.40. The van der Waals surface area contributed by atoms with Crippen LogP contribution in [0.2, 0.25) is 0 Å². The lowest BCUT2D eigenvalue weighted by molar-refractivity contribution is -0.932. The van der Waals surface area contributed by atoms with Crippen LogP contribution in [0.15, 0.2) is 42.5 Å². The third-order valence-electron chi connectivity index (χ3n) is 5.62. The molecule has 2 aromatic rings. The highest BCUT2D eigenvalue weighted by molar-refractivity contribution is 5.43. The van der Waals surface area contributed by atoms with E-state index in [0.717, 1.165) is 10.9 Å². The normalized spacial score (nSPS) is 25.9. The van der Waals surface area contributed by atoms with E-state index in [1.165, 1.54) is 54.6 Å². The molecule has 2 unspecified atom stereocenters. The molecule has 122 valence electrons. The topological polar surface area (TPSA) is 20.2 Å². The van der Waals surface area contributed by atoms with Gasteiger partial charge in [0.1, 0.15) is 11.8 Å². The highest BCUT2D eigenvalue weighted by Crippen LogP contribution is 2.42. The number of halogens is 1. The summed E-state index contributed by atoms with van der Waals surface area (Å²) in [6.07, 6.45) is 4.73. The molecule has 0 saturated heterocycles. The van der Waals surface area contributed by atoms with E-state index in [-0.39, 0.29) is 24.0 Å². The molecule has 0 aromatic heterocycles. The molecule has 0 spiro atoms. The fourth-order valence-electron chi connectivity index (χ4n) is 4.57. The predicted molar refractivity (Wildman–Crippen MR) is 89.0 cm³/mol. The Kier molecular flexibility index (Phi) is 4.70. The molecule has 0 aliphatic carbocycles. The molecule has 2 aromatic carbocycles. The number of nitrogens with zero attached hydrogens (tertiary/aromatic N) is 1. The molecule has 2 heterocycles. The van der Waals surface area contributed by atoms with Crippen molar-refractivity contribution in [2.45, 2.75) is 31.7 Å². The number of phenols is 1. The Morgan fingerprint density at radius 3 is 2.35 bits per heavy atom. The Morgan fingerprint density at radius 1 is 0.913 bits per heavy atom. The number of benzene rings is 2. The first-order valence-corrected chi connectivity index (χ1v) is 8.41. The molecule has 0 amide bonds. The first-order valence-electron chi connectivity index (χ1n) is 8.41. The summed E-state index contributed by atoms with van der Waals surface area (Å²) in [6, 6.07) is 15.4. The van der Waals surface area contributed by atoms with Gasteiger partial charge >= 0.3 is 0 Å². The Hall–Kier alpha value is -1.07. The lowest BCUT2D eigenvalue weighted by Gasteiger charge is -2.40. The maximum atomic E-state index is 9.89. The maximum absolute atomic E-state index is 9.89. The molecular weight excluding hydrogens is 397 g/mol. The van der Waals surface area contributed by atoms with Gasteiger partial charge < -0.3 is 33.6 Å². The fourth-order valence-corrected chi connectivity index (χ4v) is 4.57. The second-order valence-corrected chi connectivity index (χ2v) is 7.12. The van der Waals surface area contributed by atoms with Crippen molar-refractivity contribution in [2.75, 3.05) is 20.1 Å². The van der Waals surface area contributed by atoms with E-state index in [2.05, 4.69) is 37.4 Å². The van der Waals surface area contributed by atoms with Crippen molar-refractivity contribution < 1.29 is 33.6 Å². The van der Waals surface area contributed by atoms with Gasteiger partial charge in [0.15, 0.2) is 0 Å². The van der Waals surface area contributed by atoms with E-state index in [1.807, 2.05) is 12.1 Å². The molecule has 4 rings (SSSR count). The SMILES string of the molecule is C[N+]12CCCc3ccccc3C1c1ccc(O)cc1CCC2.[I-]. The van der Waals surface area contributed by atoms with E-state index in [4.69, 9.17) is 0 Å². The Balaban J connectivity index is 0.00000156. The van der Waals surface area contributed by atoms with Gasteiger partial charge in [0, 0.05) is 24.0 Å². The molecule has 2 aliphatic rings. The third-order valence-corrected chi connectivity index (χ3v) is 5.62. The summed E-state index contributed by atoms with van der Waals surface area (Å²) in [7, 11) is 2.43. The van der Waals surface area contributed by atoms with Crippen LogP contribution in [0.1, 0.15) is 41.1 Å². The summed E-state index contributed by atoms with van der Waals surface area (Å²) in [5.74, 6) is 0.400. The molecule has 0 radical (unpaired) electrons. The highest BCUT2D eigenvalue weighted by atomic mass is 127. The third kappa shape index (κ3) is 2.89. The van der Waals surface area contributed by atoms with Crippen molar-refractivity contribution in [3.8, 4) is 5.75 Å². The minimum Gasteiger partial charge on any atom is -1.00 e. The molecule has 2 atom stereocenters. The number of hydrogen-bond acceptors (Lipinski definition) is 1. The van der Waals surface area contributed by atoms with Crippen LogP contribution in [0, 0.1) is 0 Å². The van der Waals surface area contributed by atoms with Gasteiger partial charge in [-0.25, -0.2) is 0 Å². The van der Waals surface area contributed by atoms with E-state index in [0.29, 0.717) is 11.8 Å². The smallest absolute Gasteiger partial charge is 0.141 e. The number of rotatable bonds is 0. The van der Waals surface area contributed by atoms with Crippen LogP contribution < -0.4 is 24.0 Å². The van der Waals surface area contributed by atoms with Gasteiger partial charge in [-0.3, -0.25) is 0 Å². The summed E-state index contributed by atoms with van der Waals surface area (Å²) in [6.45, 7) is 2.45. The quantitative estimate of drug-likeness (QED) is 0.494. The average molecular weight is 421 g/mol. The first-order chi connectivity index (χ1) is 10.7. The monoisotopic (exact) mass is 421 g/mol. The number of aryl methyl sites for hydroxylation is 2. The fraction of sp³-hybridized carbons (Fsp3) is 0.400. The first kappa shape index (κ1) is 16.8. The standard InChI is InChI=1S/C20H23NO.HI/c1-21-12-4-7-15-6-2-3-9-18(15)20(21)19-11-10-17(22)14-16(19)8-5-13-21;/h2-3,6,9-11,14,20H,4-5,7-8,12-13H2,1H3;1H. The van der Waals surface area contributed by atoms with Crippen LogP contribution >= 0.6 is 0 Å². The van der Waals surface area contributed by atoms with Crippen LogP contribution in [0.4, 0.5) is 0 Å². The molecule has 0 fully saturated rings.